The molecule has 0 fully saturated rings. The number of halogens is 2. The lowest BCUT2D eigenvalue weighted by Gasteiger charge is -2.08. The van der Waals surface area contributed by atoms with Crippen LogP contribution in [0.2, 0.25) is 0 Å². The highest BCUT2D eigenvalue weighted by atomic mass is 79.9. The number of hydrogen-bond acceptors (Lipinski definition) is 6. The average molecular weight is 452 g/mol. The summed E-state index contributed by atoms with van der Waals surface area (Å²) in [4.78, 5) is 0. The Hall–Kier alpha value is 0.720. The Labute approximate surface area is 150 Å². The van der Waals surface area contributed by atoms with Crippen LogP contribution in [0.15, 0.2) is 0 Å². The van der Waals surface area contributed by atoms with E-state index < -0.39 is 0 Å². The van der Waals surface area contributed by atoms with Crippen molar-refractivity contribution in [2.24, 2.45) is 0 Å². The molecular formula is C14H28Br2O6. The highest BCUT2D eigenvalue weighted by molar-refractivity contribution is 9.24. The van der Waals surface area contributed by atoms with E-state index in [-0.39, 0.29) is 3.74 Å². The Bertz CT molecular complexity index is 210. The third kappa shape index (κ3) is 20.7. The molecular weight excluding hydrogens is 424 g/mol. The third-order valence-electron chi connectivity index (χ3n) is 2.31. The van der Waals surface area contributed by atoms with Gasteiger partial charge in [0.05, 0.1) is 76.4 Å². The number of alkyl halides is 2. The zero-order valence-corrected chi connectivity index (χ0v) is 16.4. The Kier molecular flexibility index (Phi) is 20.4. The second-order valence-corrected chi connectivity index (χ2v) is 7.55. The van der Waals surface area contributed by atoms with Crippen molar-refractivity contribution < 1.29 is 28.4 Å². The molecule has 134 valence electrons. The predicted octanol–water partition coefficient (Wildman–Crippen LogP) is 2.22. The van der Waals surface area contributed by atoms with E-state index in [1.807, 2.05) is 6.92 Å². The Balaban J connectivity index is 2.94. The third-order valence-corrected chi connectivity index (χ3v) is 2.84. The number of ether oxygens (including phenoxy) is 6. The lowest BCUT2D eigenvalue weighted by atomic mass is 10.7. The van der Waals surface area contributed by atoms with E-state index >= 15 is 0 Å². The maximum atomic E-state index is 5.37. The van der Waals surface area contributed by atoms with Gasteiger partial charge in [0.15, 0.2) is 0 Å². The maximum absolute atomic E-state index is 5.37. The summed E-state index contributed by atoms with van der Waals surface area (Å²) < 4.78 is 32.1. The minimum absolute atomic E-state index is 0.193. The summed E-state index contributed by atoms with van der Waals surface area (Å²) in [7, 11) is 0. The molecule has 0 rings (SSSR count). The fourth-order valence-corrected chi connectivity index (χ4v) is 1.69. The zero-order valence-electron chi connectivity index (χ0n) is 13.3. The standard InChI is InChI=1S/C14H28Br2O6/c1-2-17-3-4-18-5-6-19-7-8-20-9-10-21-11-12-22-13-14(15)16/h14H,2-13H2,1H3. The first kappa shape index (κ1) is 22.7. The molecule has 0 N–H and O–H groups in total. The van der Waals surface area contributed by atoms with Crippen LogP contribution >= 0.6 is 31.9 Å². The summed E-state index contributed by atoms with van der Waals surface area (Å²) in [5.41, 5.74) is 0. The van der Waals surface area contributed by atoms with Crippen LogP contribution in [0.4, 0.5) is 0 Å². The normalized spacial score (nSPS) is 11.5. The summed E-state index contributed by atoms with van der Waals surface area (Å²) in [5, 5.41) is 0. The van der Waals surface area contributed by atoms with E-state index in [2.05, 4.69) is 31.9 Å². The van der Waals surface area contributed by atoms with Crippen molar-refractivity contribution in [1.82, 2.24) is 0 Å². The monoisotopic (exact) mass is 450 g/mol. The summed E-state index contributed by atoms with van der Waals surface area (Å²) in [6, 6.07) is 0. The molecule has 0 saturated heterocycles. The van der Waals surface area contributed by atoms with Gasteiger partial charge in [-0.25, -0.2) is 0 Å². The average Bonchev–Trinajstić information content (AvgIpc) is 2.50. The van der Waals surface area contributed by atoms with Gasteiger partial charge in [-0.1, -0.05) is 31.9 Å². The van der Waals surface area contributed by atoms with Crippen molar-refractivity contribution in [2.75, 3.05) is 79.3 Å². The SMILES string of the molecule is CCOCCOCCOCCOCCOCCOCC(Br)Br. The van der Waals surface area contributed by atoms with Crippen LogP contribution in [0.25, 0.3) is 0 Å². The summed E-state index contributed by atoms with van der Waals surface area (Å²) in [6.07, 6.45) is 0. The van der Waals surface area contributed by atoms with Gasteiger partial charge in [-0.05, 0) is 6.92 Å². The molecule has 0 unspecified atom stereocenters. The fourth-order valence-electron chi connectivity index (χ4n) is 1.31. The molecule has 0 aliphatic rings. The summed E-state index contributed by atoms with van der Waals surface area (Å²) in [6.45, 7) is 9.13. The lowest BCUT2D eigenvalue weighted by Crippen LogP contribution is -2.14. The van der Waals surface area contributed by atoms with Gasteiger partial charge in [0, 0.05) is 6.61 Å². The van der Waals surface area contributed by atoms with Gasteiger partial charge in [-0.15, -0.1) is 0 Å². The van der Waals surface area contributed by atoms with Crippen molar-refractivity contribution >= 4 is 31.9 Å². The minimum atomic E-state index is 0.193. The highest BCUT2D eigenvalue weighted by Gasteiger charge is 1.97. The molecule has 0 bridgehead atoms. The quantitative estimate of drug-likeness (QED) is 0.235. The van der Waals surface area contributed by atoms with E-state index in [1.165, 1.54) is 0 Å². The van der Waals surface area contributed by atoms with Gasteiger partial charge >= 0.3 is 0 Å². The van der Waals surface area contributed by atoms with E-state index in [0.717, 1.165) is 6.61 Å². The van der Waals surface area contributed by atoms with Crippen molar-refractivity contribution in [1.29, 1.82) is 0 Å². The second-order valence-electron chi connectivity index (χ2n) is 4.11. The van der Waals surface area contributed by atoms with Crippen molar-refractivity contribution in [3.63, 3.8) is 0 Å². The number of hydrogen-bond donors (Lipinski definition) is 0. The van der Waals surface area contributed by atoms with Gasteiger partial charge < -0.3 is 28.4 Å². The van der Waals surface area contributed by atoms with Crippen LogP contribution in [0, 0.1) is 0 Å². The molecule has 22 heavy (non-hydrogen) atoms. The van der Waals surface area contributed by atoms with Crippen LogP contribution in [0.3, 0.4) is 0 Å². The highest BCUT2D eigenvalue weighted by Crippen LogP contribution is 2.07. The largest absolute Gasteiger partial charge is 0.379 e. The molecule has 0 aromatic rings. The fraction of sp³-hybridized carbons (Fsp3) is 1.00. The van der Waals surface area contributed by atoms with Crippen molar-refractivity contribution in [3.8, 4) is 0 Å². The van der Waals surface area contributed by atoms with Gasteiger partial charge in [0.2, 0.25) is 0 Å². The van der Waals surface area contributed by atoms with Gasteiger partial charge in [-0.2, -0.15) is 0 Å². The summed E-state index contributed by atoms with van der Waals surface area (Å²) >= 11 is 6.66. The van der Waals surface area contributed by atoms with Gasteiger partial charge in [0.1, 0.15) is 0 Å². The Morgan fingerprint density at radius 2 is 0.864 bits per heavy atom. The summed E-state index contributed by atoms with van der Waals surface area (Å²) in [5.74, 6) is 0. The van der Waals surface area contributed by atoms with E-state index in [4.69, 9.17) is 28.4 Å². The Morgan fingerprint density at radius 1 is 0.545 bits per heavy atom. The first-order valence-electron chi connectivity index (χ1n) is 7.52. The molecule has 0 heterocycles. The molecule has 0 spiro atoms. The van der Waals surface area contributed by atoms with Crippen molar-refractivity contribution in [2.45, 2.75) is 10.7 Å². The number of rotatable bonds is 18. The van der Waals surface area contributed by atoms with Crippen LogP contribution in [-0.4, -0.2) is 83.0 Å². The van der Waals surface area contributed by atoms with E-state index in [0.29, 0.717) is 72.7 Å². The van der Waals surface area contributed by atoms with Crippen LogP contribution in [0.5, 0.6) is 0 Å². The second kappa shape index (κ2) is 19.8. The first-order chi connectivity index (χ1) is 10.8. The van der Waals surface area contributed by atoms with Crippen molar-refractivity contribution in [3.05, 3.63) is 0 Å². The molecule has 0 atom stereocenters. The van der Waals surface area contributed by atoms with Crippen LogP contribution in [0.1, 0.15) is 6.92 Å². The van der Waals surface area contributed by atoms with Gasteiger partial charge in [0.25, 0.3) is 0 Å². The minimum Gasteiger partial charge on any atom is -0.379 e. The lowest BCUT2D eigenvalue weighted by molar-refractivity contribution is -0.0156. The smallest absolute Gasteiger partial charge is 0.0930 e. The molecule has 0 aliphatic heterocycles. The molecule has 0 aromatic carbocycles. The molecule has 0 amide bonds. The van der Waals surface area contributed by atoms with E-state index in [1.54, 1.807) is 0 Å². The Morgan fingerprint density at radius 3 is 1.18 bits per heavy atom. The zero-order chi connectivity index (χ0) is 16.3. The van der Waals surface area contributed by atoms with Crippen LogP contribution < -0.4 is 0 Å². The first-order valence-corrected chi connectivity index (χ1v) is 9.35. The topological polar surface area (TPSA) is 55.4 Å². The van der Waals surface area contributed by atoms with Crippen LogP contribution in [-0.2, 0) is 28.4 Å². The maximum Gasteiger partial charge on any atom is 0.0930 e. The molecule has 8 heteroatoms. The molecule has 6 nitrogen and oxygen atoms in total. The molecule has 0 aliphatic carbocycles. The predicted molar refractivity (Wildman–Crippen MR) is 92.2 cm³/mol. The molecule has 0 aromatic heterocycles. The molecule has 0 radical (unpaired) electrons. The van der Waals surface area contributed by atoms with E-state index in [9.17, 15) is 0 Å². The molecule has 0 saturated carbocycles. The van der Waals surface area contributed by atoms with Gasteiger partial charge in [-0.3, -0.25) is 0 Å².